The van der Waals surface area contributed by atoms with Crippen LogP contribution in [0.3, 0.4) is 0 Å². The van der Waals surface area contributed by atoms with Crippen molar-refractivity contribution in [3.05, 3.63) is 362 Å². The predicted octanol–water partition coefficient (Wildman–Crippen LogP) is 24.7. The van der Waals surface area contributed by atoms with Crippen molar-refractivity contribution in [3.63, 3.8) is 0 Å². The molecule has 0 N–H and O–H groups in total. The number of anilines is 6. The van der Waals surface area contributed by atoms with E-state index in [1.54, 1.807) is 0 Å². The Labute approximate surface area is 535 Å². The van der Waals surface area contributed by atoms with Gasteiger partial charge in [-0.05, 0) is 189 Å². The van der Waals surface area contributed by atoms with Crippen LogP contribution < -0.4 is 28.7 Å². The summed E-state index contributed by atoms with van der Waals surface area (Å²) in [4.78, 5) is 4.70. The van der Waals surface area contributed by atoms with E-state index in [4.69, 9.17) is 18.9 Å². The van der Waals surface area contributed by atoms with Crippen LogP contribution in [0.15, 0.2) is 340 Å². The van der Waals surface area contributed by atoms with Gasteiger partial charge in [0.25, 0.3) is 0 Å². The van der Waals surface area contributed by atoms with Gasteiger partial charge in [-0.1, -0.05) is 218 Å². The van der Waals surface area contributed by atoms with Crippen molar-refractivity contribution < 1.29 is 18.9 Å². The molecule has 0 aliphatic rings. The Morgan fingerprint density at radius 1 is 0.174 bits per heavy atom. The minimum atomic E-state index is 0.755. The van der Waals surface area contributed by atoms with Crippen LogP contribution in [0, 0.1) is 0 Å². The van der Waals surface area contributed by atoms with Gasteiger partial charge in [-0.25, -0.2) is 0 Å². The second-order valence-electron chi connectivity index (χ2n) is 22.3. The summed E-state index contributed by atoms with van der Waals surface area (Å²) < 4.78 is 25.2. The summed E-state index contributed by atoms with van der Waals surface area (Å²) in [6.45, 7) is 0. The predicted molar refractivity (Wildman–Crippen MR) is 383 cm³/mol. The molecule has 0 spiro atoms. The highest BCUT2D eigenvalue weighted by Gasteiger charge is 2.24. The zero-order chi connectivity index (χ0) is 61.4. The molecule has 15 aromatic carbocycles. The second kappa shape index (κ2) is 25.8. The molecule has 15 aromatic rings. The van der Waals surface area contributed by atoms with Crippen LogP contribution in [-0.2, 0) is 0 Å². The van der Waals surface area contributed by atoms with E-state index in [1.165, 1.54) is 0 Å². The standard InChI is InChI=1S/C86H60N2O4/c1-5-21-67(22-6-1)89-71-51-43-63(44-52-71)87(64-45-53-72(54-46-64)90-68-23-7-2-8-24-68)85-81-33-17-13-29-75(81)79(76-30-14-18-34-82(76)85)59-41-61-37-39-62(40-38-61)42-60-80-77-31-15-19-35-83(77)86(84-36-20-16-32-78(80)84)88(65-47-55-73(56-48-65)91-69-25-9-3-10-26-69)66-49-57-74(58-50-66)92-70-27-11-4-12-28-70/h1-60H/b59-41+,60-42+. The molecule has 0 amide bonds. The number of fused-ring (bicyclic) bond motifs is 4. The van der Waals surface area contributed by atoms with Gasteiger partial charge in [0, 0.05) is 44.3 Å². The average molecular weight is 1190 g/mol. The van der Waals surface area contributed by atoms with Gasteiger partial charge in [0.1, 0.15) is 46.0 Å². The smallest absolute Gasteiger partial charge is 0.127 e. The number of hydrogen-bond acceptors (Lipinski definition) is 6. The van der Waals surface area contributed by atoms with Crippen LogP contribution in [0.5, 0.6) is 46.0 Å². The lowest BCUT2D eigenvalue weighted by Crippen LogP contribution is -2.11. The molecule has 6 heteroatoms. The molecule has 0 saturated carbocycles. The quantitative estimate of drug-likeness (QED) is 0.0630. The molecular weight excluding hydrogens is 1120 g/mol. The minimum Gasteiger partial charge on any atom is -0.457 e. The largest absolute Gasteiger partial charge is 0.457 e. The Morgan fingerprint density at radius 3 is 0.598 bits per heavy atom. The number of rotatable bonds is 18. The fourth-order valence-corrected chi connectivity index (χ4v) is 12.2. The van der Waals surface area contributed by atoms with E-state index in [-0.39, 0.29) is 0 Å². The van der Waals surface area contributed by atoms with Crippen LogP contribution in [-0.4, -0.2) is 0 Å². The maximum absolute atomic E-state index is 6.29. The van der Waals surface area contributed by atoms with E-state index in [1.807, 2.05) is 170 Å². The van der Waals surface area contributed by atoms with Gasteiger partial charge >= 0.3 is 0 Å². The van der Waals surface area contributed by atoms with E-state index in [0.29, 0.717) is 0 Å². The summed E-state index contributed by atoms with van der Waals surface area (Å²) in [5.74, 6) is 6.16. The summed E-state index contributed by atoms with van der Waals surface area (Å²) in [5.41, 5.74) is 10.6. The van der Waals surface area contributed by atoms with Gasteiger partial charge in [-0.2, -0.15) is 0 Å². The van der Waals surface area contributed by atoms with Crippen LogP contribution >= 0.6 is 0 Å². The first-order valence-corrected chi connectivity index (χ1v) is 30.9. The minimum absolute atomic E-state index is 0.755. The van der Waals surface area contributed by atoms with Gasteiger partial charge in [-0.3, -0.25) is 0 Å². The van der Waals surface area contributed by atoms with Crippen molar-refractivity contribution in [2.45, 2.75) is 0 Å². The lowest BCUT2D eigenvalue weighted by atomic mass is 9.92. The Hall–Kier alpha value is -12.4. The first-order valence-electron chi connectivity index (χ1n) is 30.9. The fraction of sp³-hybridized carbons (Fsp3) is 0. The highest BCUT2D eigenvalue weighted by Crippen LogP contribution is 2.49. The van der Waals surface area contributed by atoms with E-state index < -0.39 is 0 Å². The molecule has 92 heavy (non-hydrogen) atoms. The van der Waals surface area contributed by atoms with Gasteiger partial charge < -0.3 is 28.7 Å². The highest BCUT2D eigenvalue weighted by molar-refractivity contribution is 6.21. The van der Waals surface area contributed by atoms with E-state index >= 15 is 0 Å². The first-order chi connectivity index (χ1) is 45.6. The third-order valence-corrected chi connectivity index (χ3v) is 16.5. The normalized spacial score (nSPS) is 11.4. The van der Waals surface area contributed by atoms with Gasteiger partial charge in [-0.15, -0.1) is 0 Å². The van der Waals surface area contributed by atoms with E-state index in [2.05, 4.69) is 204 Å². The van der Waals surface area contributed by atoms with Crippen molar-refractivity contribution in [2.24, 2.45) is 0 Å². The number of benzene rings is 15. The molecule has 0 saturated heterocycles. The zero-order valence-electron chi connectivity index (χ0n) is 50.2. The lowest BCUT2D eigenvalue weighted by Gasteiger charge is -2.29. The Balaban J connectivity index is 0.761. The molecule has 0 unspecified atom stereocenters. The topological polar surface area (TPSA) is 43.4 Å². The molecule has 0 aliphatic heterocycles. The van der Waals surface area contributed by atoms with Gasteiger partial charge in [0.15, 0.2) is 0 Å². The Bertz CT molecular complexity index is 4490. The van der Waals surface area contributed by atoms with Crippen molar-refractivity contribution in [2.75, 3.05) is 9.80 Å². The summed E-state index contributed by atoms with van der Waals surface area (Å²) >= 11 is 0. The number of nitrogens with zero attached hydrogens (tertiary/aromatic N) is 2. The summed E-state index contributed by atoms with van der Waals surface area (Å²) in [5, 5.41) is 9.03. The number of ether oxygens (including phenoxy) is 4. The summed E-state index contributed by atoms with van der Waals surface area (Å²) in [7, 11) is 0. The molecule has 0 atom stereocenters. The molecule has 15 rings (SSSR count). The molecule has 0 aliphatic carbocycles. The molecule has 0 radical (unpaired) electrons. The molecule has 0 bridgehead atoms. The average Bonchev–Trinajstić information content (AvgIpc) is 0.759. The molecule has 6 nitrogen and oxygen atoms in total. The molecular formula is C86H60N2O4. The first kappa shape index (κ1) is 56.2. The molecule has 438 valence electrons. The lowest BCUT2D eigenvalue weighted by molar-refractivity contribution is 0.482. The summed E-state index contributed by atoms with van der Waals surface area (Å²) in [6.07, 6.45) is 9.01. The van der Waals surface area contributed by atoms with Crippen LogP contribution in [0.1, 0.15) is 22.3 Å². The Kier molecular flexibility index (Phi) is 15.7. The summed E-state index contributed by atoms with van der Waals surface area (Å²) in [6, 6.07) is 117. The number of hydrogen-bond donors (Lipinski definition) is 0. The third-order valence-electron chi connectivity index (χ3n) is 16.5. The molecule has 0 aromatic heterocycles. The van der Waals surface area contributed by atoms with Gasteiger partial charge in [0.05, 0.1) is 11.4 Å². The van der Waals surface area contributed by atoms with Crippen LogP contribution in [0.25, 0.3) is 67.4 Å². The molecule has 0 fully saturated rings. The van der Waals surface area contributed by atoms with Gasteiger partial charge in [0.2, 0.25) is 0 Å². The van der Waals surface area contributed by atoms with E-state index in [0.717, 1.165) is 145 Å². The van der Waals surface area contributed by atoms with Crippen molar-refractivity contribution in [1.82, 2.24) is 0 Å². The van der Waals surface area contributed by atoms with Crippen molar-refractivity contribution in [3.8, 4) is 46.0 Å². The van der Waals surface area contributed by atoms with E-state index in [9.17, 15) is 0 Å². The maximum Gasteiger partial charge on any atom is 0.127 e. The molecule has 0 heterocycles. The van der Waals surface area contributed by atoms with Crippen LogP contribution in [0.4, 0.5) is 34.1 Å². The second-order valence-corrected chi connectivity index (χ2v) is 22.3. The van der Waals surface area contributed by atoms with Crippen molar-refractivity contribution >= 4 is 102 Å². The monoisotopic (exact) mass is 1180 g/mol. The highest BCUT2D eigenvalue weighted by atomic mass is 16.5. The zero-order valence-corrected chi connectivity index (χ0v) is 50.2. The van der Waals surface area contributed by atoms with Crippen LogP contribution in [0.2, 0.25) is 0 Å². The number of para-hydroxylation sites is 4. The Morgan fingerprint density at radius 2 is 0.370 bits per heavy atom. The third kappa shape index (κ3) is 11.9. The van der Waals surface area contributed by atoms with Crippen molar-refractivity contribution in [1.29, 1.82) is 0 Å². The fourth-order valence-electron chi connectivity index (χ4n) is 12.2. The SMILES string of the molecule is C(=C\c1c2ccccc2c(N(c2ccc(Oc3ccccc3)cc2)c2ccc(Oc3ccccc3)cc2)c2ccccc12)/c1ccc(/C=C/c2c3ccccc3c(N(c3ccc(Oc4ccccc4)cc3)c3ccc(Oc4ccccc4)cc3)c3ccccc23)cc1. The maximum atomic E-state index is 6.29.